The van der Waals surface area contributed by atoms with Gasteiger partial charge in [0.05, 0.1) is 30.8 Å². The Morgan fingerprint density at radius 1 is 1.03 bits per heavy atom. The highest BCUT2D eigenvalue weighted by Gasteiger charge is 2.16. The standard InChI is InChI=1S/C24H26F2N6O/c1-31-9-11-32(12-10-31)16-22-27-15-20(24(26)30-22)18-7-5-17(6-8-18)13-23(33)28-14-19-3-2-4-21(25)29-19/h2-8,15H,9-14,16H2,1H3,(H,28,33). The third kappa shape index (κ3) is 6.36. The summed E-state index contributed by atoms with van der Waals surface area (Å²) in [5.41, 5.74) is 2.19. The number of hydrogen-bond donors (Lipinski definition) is 1. The number of carbonyl (C=O) groups is 1. The van der Waals surface area contributed by atoms with E-state index in [1.807, 2.05) is 0 Å². The summed E-state index contributed by atoms with van der Waals surface area (Å²) in [6.07, 6.45) is 1.67. The molecule has 0 saturated carbocycles. The van der Waals surface area contributed by atoms with Crippen molar-refractivity contribution in [2.45, 2.75) is 19.5 Å². The zero-order chi connectivity index (χ0) is 23.2. The van der Waals surface area contributed by atoms with Crippen LogP contribution in [-0.2, 0) is 24.3 Å². The van der Waals surface area contributed by atoms with Gasteiger partial charge in [-0.25, -0.2) is 15.0 Å². The molecule has 0 bridgehead atoms. The van der Waals surface area contributed by atoms with Crippen LogP contribution in [0.15, 0.2) is 48.7 Å². The maximum Gasteiger partial charge on any atom is 0.224 e. The van der Waals surface area contributed by atoms with Crippen molar-refractivity contribution in [3.63, 3.8) is 0 Å². The lowest BCUT2D eigenvalue weighted by atomic mass is 10.0. The first-order chi connectivity index (χ1) is 16.0. The maximum absolute atomic E-state index is 14.7. The van der Waals surface area contributed by atoms with Gasteiger partial charge in [0.25, 0.3) is 0 Å². The van der Waals surface area contributed by atoms with Gasteiger partial charge in [-0.2, -0.15) is 8.78 Å². The van der Waals surface area contributed by atoms with Gasteiger partial charge in [-0.1, -0.05) is 30.3 Å². The van der Waals surface area contributed by atoms with E-state index in [-0.39, 0.29) is 18.9 Å². The Kier molecular flexibility index (Phi) is 7.31. The Bertz CT molecular complexity index is 1100. The summed E-state index contributed by atoms with van der Waals surface area (Å²) in [5, 5.41) is 2.72. The fourth-order valence-electron chi connectivity index (χ4n) is 3.66. The van der Waals surface area contributed by atoms with Crippen LogP contribution < -0.4 is 5.32 Å². The summed E-state index contributed by atoms with van der Waals surface area (Å²) in [6.45, 7) is 4.47. The molecule has 2 aromatic heterocycles. The predicted molar refractivity (Wildman–Crippen MR) is 120 cm³/mol. The Hall–Kier alpha value is -3.30. The lowest BCUT2D eigenvalue weighted by Gasteiger charge is -2.31. The van der Waals surface area contributed by atoms with Crippen molar-refractivity contribution in [1.82, 2.24) is 30.1 Å². The molecule has 1 aliphatic heterocycles. The number of hydrogen-bond acceptors (Lipinski definition) is 6. The highest BCUT2D eigenvalue weighted by molar-refractivity contribution is 5.78. The molecule has 1 saturated heterocycles. The Morgan fingerprint density at radius 2 is 1.79 bits per heavy atom. The largest absolute Gasteiger partial charge is 0.350 e. The van der Waals surface area contributed by atoms with Gasteiger partial charge < -0.3 is 10.2 Å². The molecule has 1 amide bonds. The number of nitrogens with zero attached hydrogens (tertiary/aromatic N) is 5. The monoisotopic (exact) mass is 452 g/mol. The molecule has 7 nitrogen and oxygen atoms in total. The van der Waals surface area contributed by atoms with Crippen molar-refractivity contribution in [3.05, 3.63) is 77.6 Å². The Balaban J connectivity index is 1.33. The molecule has 9 heteroatoms. The minimum absolute atomic E-state index is 0.151. The highest BCUT2D eigenvalue weighted by Crippen LogP contribution is 2.22. The third-order valence-electron chi connectivity index (χ3n) is 5.62. The summed E-state index contributed by atoms with van der Waals surface area (Å²) in [7, 11) is 2.09. The van der Waals surface area contributed by atoms with Gasteiger partial charge in [0.1, 0.15) is 5.82 Å². The van der Waals surface area contributed by atoms with Crippen LogP contribution in [0.5, 0.6) is 0 Å². The third-order valence-corrected chi connectivity index (χ3v) is 5.62. The van der Waals surface area contributed by atoms with E-state index in [4.69, 9.17) is 0 Å². The van der Waals surface area contributed by atoms with Crippen molar-refractivity contribution in [1.29, 1.82) is 0 Å². The molecule has 0 atom stereocenters. The van der Waals surface area contributed by atoms with E-state index in [9.17, 15) is 13.6 Å². The zero-order valence-corrected chi connectivity index (χ0v) is 18.5. The molecular formula is C24H26F2N6O. The van der Waals surface area contributed by atoms with Gasteiger partial charge in [0.2, 0.25) is 17.8 Å². The van der Waals surface area contributed by atoms with Crippen LogP contribution in [0.2, 0.25) is 0 Å². The first kappa shape index (κ1) is 22.9. The molecule has 33 heavy (non-hydrogen) atoms. The molecule has 1 N–H and O–H groups in total. The van der Waals surface area contributed by atoms with E-state index in [2.05, 4.69) is 37.1 Å². The van der Waals surface area contributed by atoms with Crippen LogP contribution in [0, 0.1) is 11.9 Å². The fraction of sp³-hybridized carbons (Fsp3) is 0.333. The number of carbonyl (C=O) groups excluding carboxylic acids is 1. The second kappa shape index (κ2) is 10.5. The van der Waals surface area contributed by atoms with E-state index in [1.54, 1.807) is 36.4 Å². The molecule has 0 spiro atoms. The summed E-state index contributed by atoms with van der Waals surface area (Å²) >= 11 is 0. The molecule has 3 aromatic rings. The number of halogens is 2. The molecule has 1 aliphatic rings. The van der Waals surface area contributed by atoms with Crippen LogP contribution >= 0.6 is 0 Å². The molecule has 0 aliphatic carbocycles. The number of aromatic nitrogens is 3. The summed E-state index contributed by atoms with van der Waals surface area (Å²) in [4.78, 5) is 28.8. The number of piperazine rings is 1. The summed E-state index contributed by atoms with van der Waals surface area (Å²) < 4.78 is 27.8. The molecule has 1 aromatic carbocycles. The van der Waals surface area contributed by atoms with Gasteiger partial charge >= 0.3 is 0 Å². The normalized spacial score (nSPS) is 14.9. The van der Waals surface area contributed by atoms with Crippen molar-refractivity contribution in [2.75, 3.05) is 33.2 Å². The minimum Gasteiger partial charge on any atom is -0.350 e. The van der Waals surface area contributed by atoms with Gasteiger partial charge in [-0.3, -0.25) is 9.69 Å². The van der Waals surface area contributed by atoms with E-state index >= 15 is 0 Å². The zero-order valence-electron chi connectivity index (χ0n) is 18.5. The number of amides is 1. The van der Waals surface area contributed by atoms with Gasteiger partial charge in [0, 0.05) is 32.4 Å². The molecule has 172 valence electrons. The second-order valence-electron chi connectivity index (χ2n) is 8.17. The van der Waals surface area contributed by atoms with Gasteiger partial charge in [0.15, 0.2) is 0 Å². The SMILES string of the molecule is CN1CCN(Cc2ncc(-c3ccc(CC(=O)NCc4cccc(F)n4)cc3)c(F)n2)CC1. The number of benzene rings is 1. The quantitative estimate of drug-likeness (QED) is 0.439. The molecule has 0 radical (unpaired) electrons. The Morgan fingerprint density at radius 3 is 2.48 bits per heavy atom. The van der Waals surface area contributed by atoms with Crippen LogP contribution in [0.4, 0.5) is 8.78 Å². The van der Waals surface area contributed by atoms with Crippen molar-refractivity contribution in [2.24, 2.45) is 0 Å². The van der Waals surface area contributed by atoms with Crippen LogP contribution in [0.3, 0.4) is 0 Å². The number of pyridine rings is 1. The average molecular weight is 453 g/mol. The maximum atomic E-state index is 14.7. The first-order valence-corrected chi connectivity index (χ1v) is 10.9. The molecular weight excluding hydrogens is 426 g/mol. The fourth-order valence-corrected chi connectivity index (χ4v) is 3.66. The summed E-state index contributed by atoms with van der Waals surface area (Å²) in [5.74, 6) is -0.874. The molecule has 1 fully saturated rings. The average Bonchev–Trinajstić information content (AvgIpc) is 2.80. The van der Waals surface area contributed by atoms with Crippen molar-refractivity contribution >= 4 is 5.91 Å². The van der Waals surface area contributed by atoms with Crippen LogP contribution in [-0.4, -0.2) is 63.9 Å². The minimum atomic E-state index is -0.582. The van der Waals surface area contributed by atoms with Gasteiger partial charge in [-0.15, -0.1) is 0 Å². The number of nitrogens with one attached hydrogen (secondary N) is 1. The molecule has 3 heterocycles. The number of rotatable bonds is 7. The van der Waals surface area contributed by atoms with Gasteiger partial charge in [-0.05, 0) is 30.3 Å². The summed E-state index contributed by atoms with van der Waals surface area (Å²) in [6, 6.07) is 11.5. The molecule has 0 unspecified atom stereocenters. The van der Waals surface area contributed by atoms with Crippen LogP contribution in [0.25, 0.3) is 11.1 Å². The van der Waals surface area contributed by atoms with Crippen LogP contribution in [0.1, 0.15) is 17.1 Å². The second-order valence-corrected chi connectivity index (χ2v) is 8.17. The predicted octanol–water partition coefficient (Wildman–Crippen LogP) is 2.42. The Labute approximate surface area is 191 Å². The lowest BCUT2D eigenvalue weighted by molar-refractivity contribution is -0.120. The van der Waals surface area contributed by atoms with E-state index < -0.39 is 11.9 Å². The van der Waals surface area contributed by atoms with Crippen molar-refractivity contribution < 1.29 is 13.6 Å². The molecule has 4 rings (SSSR count). The van der Waals surface area contributed by atoms with E-state index in [0.717, 1.165) is 31.7 Å². The lowest BCUT2D eigenvalue weighted by Crippen LogP contribution is -2.44. The highest BCUT2D eigenvalue weighted by atomic mass is 19.1. The topological polar surface area (TPSA) is 74.2 Å². The smallest absolute Gasteiger partial charge is 0.224 e. The first-order valence-electron chi connectivity index (χ1n) is 10.9. The van der Waals surface area contributed by atoms with E-state index in [1.165, 1.54) is 12.3 Å². The van der Waals surface area contributed by atoms with E-state index in [0.29, 0.717) is 29.2 Å². The number of likely N-dealkylation sites (N-methyl/N-ethyl adjacent to an activating group) is 1. The van der Waals surface area contributed by atoms with Crippen molar-refractivity contribution in [3.8, 4) is 11.1 Å².